The summed E-state index contributed by atoms with van der Waals surface area (Å²) in [7, 11) is 1.67. The molecule has 0 saturated heterocycles. The zero-order valence-corrected chi connectivity index (χ0v) is 8.06. The van der Waals surface area contributed by atoms with Gasteiger partial charge in [0.15, 0.2) is 0 Å². The number of hydrogen-bond donors (Lipinski definition) is 1. The van der Waals surface area contributed by atoms with Crippen LogP contribution in [0.4, 0.5) is 8.78 Å². The molecule has 0 aromatic heterocycles. The van der Waals surface area contributed by atoms with Crippen LogP contribution in [0.1, 0.15) is 18.0 Å². The molecule has 0 amide bonds. The highest BCUT2D eigenvalue weighted by Crippen LogP contribution is 2.22. The van der Waals surface area contributed by atoms with Crippen molar-refractivity contribution in [3.63, 3.8) is 0 Å². The van der Waals surface area contributed by atoms with Crippen molar-refractivity contribution in [1.82, 2.24) is 5.32 Å². The van der Waals surface area contributed by atoms with Crippen LogP contribution in [0.5, 0.6) is 0 Å². The lowest BCUT2D eigenvalue weighted by Gasteiger charge is -2.15. The van der Waals surface area contributed by atoms with Gasteiger partial charge in [-0.1, -0.05) is 12.1 Å². The minimum atomic E-state index is -0.522. The van der Waals surface area contributed by atoms with E-state index in [9.17, 15) is 8.78 Å². The van der Waals surface area contributed by atoms with Gasteiger partial charge in [0.05, 0.1) is 0 Å². The second-order valence-electron chi connectivity index (χ2n) is 3.00. The van der Waals surface area contributed by atoms with Crippen LogP contribution in [0.25, 0.3) is 0 Å². The van der Waals surface area contributed by atoms with Crippen molar-refractivity contribution in [3.05, 3.63) is 48.1 Å². The van der Waals surface area contributed by atoms with Crippen LogP contribution in [0.15, 0.2) is 30.9 Å². The molecule has 0 heterocycles. The molecule has 0 aliphatic rings. The third kappa shape index (κ3) is 2.17. The Labute approximate surface area is 82.4 Å². The maximum Gasteiger partial charge on any atom is 0.130 e. The third-order valence-electron chi connectivity index (χ3n) is 2.10. The summed E-state index contributed by atoms with van der Waals surface area (Å²) in [5.41, 5.74) is 0.0786. The van der Waals surface area contributed by atoms with Crippen molar-refractivity contribution >= 4 is 0 Å². The first-order chi connectivity index (χ1) is 6.70. The van der Waals surface area contributed by atoms with E-state index >= 15 is 0 Å². The van der Waals surface area contributed by atoms with Gasteiger partial charge in [0.1, 0.15) is 11.6 Å². The quantitative estimate of drug-likeness (QED) is 0.732. The van der Waals surface area contributed by atoms with E-state index in [1.165, 1.54) is 18.2 Å². The predicted molar refractivity (Wildman–Crippen MR) is 53.0 cm³/mol. The standard InChI is InChI=1S/C11H13F2N/c1-3-5-10(14-2)11-8(12)6-4-7-9(11)13/h3-4,6-7,10,14H,1,5H2,2H3. The number of rotatable bonds is 4. The first-order valence-corrected chi connectivity index (χ1v) is 4.42. The van der Waals surface area contributed by atoms with Crippen molar-refractivity contribution in [2.24, 2.45) is 0 Å². The highest BCUT2D eigenvalue weighted by Gasteiger charge is 2.16. The van der Waals surface area contributed by atoms with Crippen molar-refractivity contribution in [2.75, 3.05) is 7.05 Å². The van der Waals surface area contributed by atoms with Crippen LogP contribution in [-0.4, -0.2) is 7.05 Å². The fraction of sp³-hybridized carbons (Fsp3) is 0.273. The van der Waals surface area contributed by atoms with Crippen LogP contribution in [0.3, 0.4) is 0 Å². The minimum Gasteiger partial charge on any atom is -0.313 e. The zero-order valence-electron chi connectivity index (χ0n) is 8.06. The first-order valence-electron chi connectivity index (χ1n) is 4.42. The van der Waals surface area contributed by atoms with E-state index in [0.29, 0.717) is 6.42 Å². The van der Waals surface area contributed by atoms with E-state index in [4.69, 9.17) is 0 Å². The molecule has 1 aromatic carbocycles. The molecule has 14 heavy (non-hydrogen) atoms. The largest absolute Gasteiger partial charge is 0.313 e. The summed E-state index contributed by atoms with van der Waals surface area (Å²) in [4.78, 5) is 0. The molecule has 0 bridgehead atoms. The van der Waals surface area contributed by atoms with Gasteiger partial charge in [-0.15, -0.1) is 6.58 Å². The van der Waals surface area contributed by atoms with Crippen LogP contribution in [0, 0.1) is 11.6 Å². The van der Waals surface area contributed by atoms with Crippen molar-refractivity contribution < 1.29 is 8.78 Å². The Morgan fingerprint density at radius 1 is 1.43 bits per heavy atom. The molecule has 3 heteroatoms. The first kappa shape index (κ1) is 10.9. The van der Waals surface area contributed by atoms with Crippen LogP contribution in [-0.2, 0) is 0 Å². The Bertz CT molecular complexity index is 303. The Morgan fingerprint density at radius 2 is 2.00 bits per heavy atom. The molecule has 1 N–H and O–H groups in total. The minimum absolute atomic E-state index is 0.0786. The Kier molecular flexibility index (Phi) is 3.77. The van der Waals surface area contributed by atoms with E-state index in [2.05, 4.69) is 11.9 Å². The number of benzene rings is 1. The Hall–Kier alpha value is -1.22. The van der Waals surface area contributed by atoms with Gasteiger partial charge in [-0.2, -0.15) is 0 Å². The van der Waals surface area contributed by atoms with Gasteiger partial charge in [0.25, 0.3) is 0 Å². The fourth-order valence-corrected chi connectivity index (χ4v) is 1.39. The number of nitrogens with one attached hydrogen (secondary N) is 1. The summed E-state index contributed by atoms with van der Waals surface area (Å²) in [6.45, 7) is 3.55. The third-order valence-corrected chi connectivity index (χ3v) is 2.10. The van der Waals surface area contributed by atoms with Crippen LogP contribution < -0.4 is 5.32 Å². The van der Waals surface area contributed by atoms with Crippen molar-refractivity contribution in [3.8, 4) is 0 Å². The summed E-state index contributed by atoms with van der Waals surface area (Å²) >= 11 is 0. The van der Waals surface area contributed by atoms with Gasteiger partial charge < -0.3 is 5.32 Å². The fourth-order valence-electron chi connectivity index (χ4n) is 1.39. The van der Waals surface area contributed by atoms with E-state index in [1.54, 1.807) is 13.1 Å². The summed E-state index contributed by atoms with van der Waals surface area (Å²) in [6, 6.07) is 3.51. The molecule has 1 rings (SSSR count). The average molecular weight is 197 g/mol. The molecule has 1 atom stereocenters. The van der Waals surface area contributed by atoms with Gasteiger partial charge in [-0.25, -0.2) is 8.78 Å². The van der Waals surface area contributed by atoms with Crippen molar-refractivity contribution in [2.45, 2.75) is 12.5 Å². The summed E-state index contributed by atoms with van der Waals surface area (Å²) < 4.78 is 26.6. The lowest BCUT2D eigenvalue weighted by Crippen LogP contribution is -2.18. The van der Waals surface area contributed by atoms with Gasteiger partial charge in [-0.05, 0) is 25.6 Å². The second-order valence-corrected chi connectivity index (χ2v) is 3.00. The molecule has 76 valence electrons. The Morgan fingerprint density at radius 3 is 2.43 bits per heavy atom. The molecule has 0 aliphatic heterocycles. The predicted octanol–water partition coefficient (Wildman–Crippen LogP) is 2.80. The molecular formula is C11H13F2N. The lowest BCUT2D eigenvalue weighted by atomic mass is 10.0. The topological polar surface area (TPSA) is 12.0 Å². The normalized spacial score (nSPS) is 12.5. The van der Waals surface area contributed by atoms with Gasteiger partial charge in [0, 0.05) is 11.6 Å². The lowest BCUT2D eigenvalue weighted by molar-refractivity contribution is 0.493. The monoisotopic (exact) mass is 197 g/mol. The van der Waals surface area contributed by atoms with E-state index in [1.807, 2.05) is 0 Å². The second kappa shape index (κ2) is 4.86. The summed E-state index contributed by atoms with van der Waals surface area (Å²) in [6.07, 6.45) is 2.13. The molecule has 1 aromatic rings. The van der Waals surface area contributed by atoms with Gasteiger partial charge >= 0.3 is 0 Å². The van der Waals surface area contributed by atoms with Crippen LogP contribution in [0.2, 0.25) is 0 Å². The Balaban J connectivity index is 3.07. The van der Waals surface area contributed by atoms with E-state index in [0.717, 1.165) is 0 Å². The molecule has 0 aliphatic carbocycles. The van der Waals surface area contributed by atoms with Crippen molar-refractivity contribution in [1.29, 1.82) is 0 Å². The molecule has 0 spiro atoms. The van der Waals surface area contributed by atoms with E-state index < -0.39 is 11.6 Å². The highest BCUT2D eigenvalue weighted by atomic mass is 19.1. The molecule has 0 saturated carbocycles. The van der Waals surface area contributed by atoms with Gasteiger partial charge in [-0.3, -0.25) is 0 Å². The highest BCUT2D eigenvalue weighted by molar-refractivity contribution is 5.23. The SMILES string of the molecule is C=CCC(NC)c1c(F)cccc1F. The number of halogens is 2. The molecule has 1 unspecified atom stereocenters. The average Bonchev–Trinajstić information content (AvgIpc) is 2.16. The maximum atomic E-state index is 13.3. The molecular weight excluding hydrogens is 184 g/mol. The maximum absolute atomic E-state index is 13.3. The number of hydrogen-bond acceptors (Lipinski definition) is 1. The van der Waals surface area contributed by atoms with Gasteiger partial charge in [0.2, 0.25) is 0 Å². The summed E-state index contributed by atoms with van der Waals surface area (Å²) in [5, 5.41) is 2.85. The molecule has 0 radical (unpaired) electrons. The zero-order chi connectivity index (χ0) is 10.6. The smallest absolute Gasteiger partial charge is 0.130 e. The van der Waals surface area contributed by atoms with Crippen LogP contribution >= 0.6 is 0 Å². The molecule has 0 fully saturated rings. The summed E-state index contributed by atoms with van der Waals surface area (Å²) in [5.74, 6) is -1.04. The van der Waals surface area contributed by atoms with E-state index in [-0.39, 0.29) is 11.6 Å². The molecule has 1 nitrogen and oxygen atoms in total.